The first kappa shape index (κ1) is 23.6. The summed E-state index contributed by atoms with van der Waals surface area (Å²) in [6.45, 7) is 4.55. The van der Waals surface area contributed by atoms with Crippen LogP contribution in [-0.2, 0) is 22.2 Å². The lowest BCUT2D eigenvalue weighted by Crippen LogP contribution is -2.27. The molecule has 1 aliphatic carbocycles. The first-order valence-corrected chi connectivity index (χ1v) is 11.7. The Morgan fingerprint density at radius 3 is 2.49 bits per heavy atom. The first-order valence-electron chi connectivity index (χ1n) is 11.7. The minimum absolute atomic E-state index is 0.0194. The van der Waals surface area contributed by atoms with E-state index in [2.05, 4.69) is 14.8 Å². The average Bonchev–Trinajstić information content (AvgIpc) is 3.43. The van der Waals surface area contributed by atoms with Crippen LogP contribution < -0.4 is 14.8 Å². The number of carbonyl (C=O) groups is 1. The predicted octanol–water partition coefficient (Wildman–Crippen LogP) is 4.29. The third-order valence-corrected chi connectivity index (χ3v) is 7.05. The standard InChI is InChI=1S/C26H28F2N2O5/c1-24(2,9-11-31)22-14-16-13-18(4-5-19(16)30(22)10-12-32)29-23(33)25(7-8-25)17-3-6-20-21(15-17)35-26(27,28)34-20/h3-6,13-15,31-32H,7-12H2,1-2H3,(H,29,33). The lowest BCUT2D eigenvalue weighted by molar-refractivity contribution is -0.286. The van der Waals surface area contributed by atoms with Crippen LogP contribution in [0.25, 0.3) is 10.9 Å². The fraction of sp³-hybridized carbons (Fsp3) is 0.423. The maximum atomic E-state index is 13.4. The van der Waals surface area contributed by atoms with Crippen molar-refractivity contribution < 1.29 is 33.3 Å². The normalized spacial score (nSPS) is 17.5. The van der Waals surface area contributed by atoms with E-state index >= 15 is 0 Å². The number of aliphatic hydroxyl groups excluding tert-OH is 2. The number of amides is 1. The SMILES string of the molecule is CC(C)(CCO)c1cc2cc(NC(=O)C3(c4ccc5c(c4)OC(F)(F)O5)CC3)ccc2n1CCO. The Morgan fingerprint density at radius 1 is 1.06 bits per heavy atom. The van der Waals surface area contributed by atoms with Gasteiger partial charge < -0.3 is 29.6 Å². The van der Waals surface area contributed by atoms with Crippen LogP contribution in [-0.4, -0.2) is 40.2 Å². The third-order valence-electron chi connectivity index (χ3n) is 7.05. The average molecular weight is 487 g/mol. The van der Waals surface area contributed by atoms with Crippen molar-refractivity contribution in [2.75, 3.05) is 18.5 Å². The number of nitrogens with zero attached hydrogens (tertiary/aromatic N) is 1. The van der Waals surface area contributed by atoms with E-state index in [1.807, 2.05) is 42.7 Å². The number of aromatic nitrogens is 1. The molecule has 0 unspecified atom stereocenters. The number of halogens is 2. The van der Waals surface area contributed by atoms with Crippen molar-refractivity contribution in [3.8, 4) is 11.5 Å². The Kier molecular flexibility index (Phi) is 5.52. The number of nitrogens with one attached hydrogen (secondary N) is 1. The smallest absolute Gasteiger partial charge is 0.396 e. The van der Waals surface area contributed by atoms with Gasteiger partial charge in [0.1, 0.15) is 0 Å². The lowest BCUT2D eigenvalue weighted by atomic mass is 9.85. The minimum Gasteiger partial charge on any atom is -0.396 e. The van der Waals surface area contributed by atoms with Gasteiger partial charge in [-0.25, -0.2) is 0 Å². The summed E-state index contributed by atoms with van der Waals surface area (Å²) in [5.74, 6) is -0.331. The molecule has 0 spiro atoms. The zero-order chi connectivity index (χ0) is 25.0. The van der Waals surface area contributed by atoms with Gasteiger partial charge >= 0.3 is 6.29 Å². The molecule has 1 amide bonds. The van der Waals surface area contributed by atoms with Crippen LogP contribution in [0.2, 0.25) is 0 Å². The highest BCUT2D eigenvalue weighted by atomic mass is 19.3. The molecule has 35 heavy (non-hydrogen) atoms. The topological polar surface area (TPSA) is 93.0 Å². The summed E-state index contributed by atoms with van der Waals surface area (Å²) >= 11 is 0. The van der Waals surface area contributed by atoms with Gasteiger partial charge in [0, 0.05) is 40.9 Å². The van der Waals surface area contributed by atoms with Gasteiger partial charge in [-0.1, -0.05) is 19.9 Å². The second-order valence-electron chi connectivity index (χ2n) is 9.90. The zero-order valence-corrected chi connectivity index (χ0v) is 19.6. The van der Waals surface area contributed by atoms with Crippen LogP contribution in [0.15, 0.2) is 42.5 Å². The number of alkyl halides is 2. The van der Waals surface area contributed by atoms with Crippen LogP contribution in [0.3, 0.4) is 0 Å². The van der Waals surface area contributed by atoms with E-state index in [1.54, 1.807) is 6.07 Å². The molecule has 2 aromatic carbocycles. The summed E-state index contributed by atoms with van der Waals surface area (Å²) in [6.07, 6.45) is -1.93. The molecule has 9 heteroatoms. The fourth-order valence-electron chi connectivity index (χ4n) is 4.93. The number of fused-ring (bicyclic) bond motifs is 2. The number of carbonyl (C=O) groups excluding carboxylic acids is 1. The Balaban J connectivity index is 1.41. The maximum Gasteiger partial charge on any atom is 0.586 e. The second kappa shape index (κ2) is 8.20. The summed E-state index contributed by atoms with van der Waals surface area (Å²) in [4.78, 5) is 13.3. The number of aliphatic hydroxyl groups is 2. The van der Waals surface area contributed by atoms with E-state index in [1.165, 1.54) is 12.1 Å². The number of rotatable bonds is 8. The van der Waals surface area contributed by atoms with Gasteiger partial charge in [0.15, 0.2) is 11.5 Å². The molecule has 1 saturated carbocycles. The quantitative estimate of drug-likeness (QED) is 0.442. The van der Waals surface area contributed by atoms with E-state index in [0.29, 0.717) is 37.1 Å². The molecular formula is C26H28F2N2O5. The molecular weight excluding hydrogens is 458 g/mol. The van der Waals surface area contributed by atoms with E-state index in [9.17, 15) is 23.8 Å². The molecule has 186 valence electrons. The van der Waals surface area contributed by atoms with Crippen LogP contribution in [0, 0.1) is 0 Å². The Hall–Kier alpha value is -3.17. The van der Waals surface area contributed by atoms with Crippen LogP contribution in [0.5, 0.6) is 11.5 Å². The van der Waals surface area contributed by atoms with Gasteiger partial charge in [-0.3, -0.25) is 4.79 Å². The van der Waals surface area contributed by atoms with Gasteiger partial charge in [0.2, 0.25) is 5.91 Å². The van der Waals surface area contributed by atoms with Gasteiger partial charge in [-0.05, 0) is 61.2 Å². The number of benzene rings is 2. The summed E-state index contributed by atoms with van der Waals surface area (Å²) in [6, 6.07) is 12.1. The molecule has 0 atom stereocenters. The van der Waals surface area contributed by atoms with Crippen LogP contribution in [0.1, 0.15) is 44.4 Å². The molecule has 0 bridgehead atoms. The highest BCUT2D eigenvalue weighted by Gasteiger charge is 2.52. The van der Waals surface area contributed by atoms with E-state index in [0.717, 1.165) is 16.6 Å². The van der Waals surface area contributed by atoms with Gasteiger partial charge in [-0.2, -0.15) is 0 Å². The van der Waals surface area contributed by atoms with Crippen molar-refractivity contribution >= 4 is 22.5 Å². The largest absolute Gasteiger partial charge is 0.586 e. The van der Waals surface area contributed by atoms with E-state index in [-0.39, 0.29) is 36.0 Å². The zero-order valence-electron chi connectivity index (χ0n) is 19.6. The van der Waals surface area contributed by atoms with Crippen molar-refractivity contribution in [2.45, 2.75) is 56.8 Å². The van der Waals surface area contributed by atoms with Gasteiger partial charge in [-0.15, -0.1) is 8.78 Å². The minimum atomic E-state index is -3.70. The Morgan fingerprint density at radius 2 is 1.80 bits per heavy atom. The number of anilines is 1. The molecule has 1 aliphatic heterocycles. The van der Waals surface area contributed by atoms with E-state index in [4.69, 9.17) is 0 Å². The van der Waals surface area contributed by atoms with Crippen LogP contribution in [0.4, 0.5) is 14.5 Å². The van der Waals surface area contributed by atoms with Gasteiger partial charge in [0.05, 0.1) is 12.0 Å². The number of hydrogen-bond acceptors (Lipinski definition) is 5. The van der Waals surface area contributed by atoms with Gasteiger partial charge in [0.25, 0.3) is 0 Å². The molecule has 0 saturated heterocycles. The molecule has 0 radical (unpaired) electrons. The highest BCUT2D eigenvalue weighted by Crippen LogP contribution is 2.52. The molecule has 3 N–H and O–H groups in total. The molecule has 2 aliphatic rings. The number of hydrogen-bond donors (Lipinski definition) is 3. The van der Waals surface area contributed by atoms with Crippen molar-refractivity contribution in [1.29, 1.82) is 0 Å². The lowest BCUT2D eigenvalue weighted by Gasteiger charge is -2.26. The van der Waals surface area contributed by atoms with E-state index < -0.39 is 11.7 Å². The fourth-order valence-corrected chi connectivity index (χ4v) is 4.93. The summed E-state index contributed by atoms with van der Waals surface area (Å²) in [7, 11) is 0. The Bertz CT molecular complexity index is 1300. The van der Waals surface area contributed by atoms with Crippen molar-refractivity contribution in [3.05, 3.63) is 53.7 Å². The summed E-state index contributed by atoms with van der Waals surface area (Å²) in [5, 5.41) is 23.0. The second-order valence-corrected chi connectivity index (χ2v) is 9.90. The summed E-state index contributed by atoms with van der Waals surface area (Å²) in [5.41, 5.74) is 2.04. The molecule has 2 heterocycles. The molecule has 1 aromatic heterocycles. The molecule has 5 rings (SSSR count). The monoisotopic (exact) mass is 486 g/mol. The first-order chi connectivity index (χ1) is 16.6. The summed E-state index contributed by atoms with van der Waals surface area (Å²) < 4.78 is 37.9. The Labute approximate surface area is 201 Å². The number of ether oxygens (including phenoxy) is 2. The van der Waals surface area contributed by atoms with Crippen molar-refractivity contribution in [3.63, 3.8) is 0 Å². The predicted molar refractivity (Wildman–Crippen MR) is 126 cm³/mol. The van der Waals surface area contributed by atoms with Crippen LogP contribution >= 0.6 is 0 Å². The van der Waals surface area contributed by atoms with Crippen molar-refractivity contribution in [1.82, 2.24) is 4.57 Å². The third kappa shape index (κ3) is 4.12. The maximum absolute atomic E-state index is 13.4. The van der Waals surface area contributed by atoms with Crippen molar-refractivity contribution in [2.24, 2.45) is 0 Å². The molecule has 7 nitrogen and oxygen atoms in total. The molecule has 3 aromatic rings. The molecule has 1 fully saturated rings. The highest BCUT2D eigenvalue weighted by molar-refractivity contribution is 6.02.